The lowest BCUT2D eigenvalue weighted by molar-refractivity contribution is -0.127. The molecule has 0 fully saturated rings. The number of benzene rings is 1. The van der Waals surface area contributed by atoms with Gasteiger partial charge in [0.25, 0.3) is 5.91 Å². The number of rotatable bonds is 7. The number of aromatic carboxylic acids is 1. The van der Waals surface area contributed by atoms with Gasteiger partial charge >= 0.3 is 5.97 Å². The summed E-state index contributed by atoms with van der Waals surface area (Å²) >= 11 is 0. The second kappa shape index (κ2) is 7.53. The predicted octanol–water partition coefficient (Wildman–Crippen LogP) is 2.46. The summed E-state index contributed by atoms with van der Waals surface area (Å²) < 4.78 is 5.45. The number of carboxylic acid groups (broad SMARTS) is 1. The molecule has 0 spiro atoms. The summed E-state index contributed by atoms with van der Waals surface area (Å²) in [5.41, 5.74) is 0.0498. The maximum Gasteiger partial charge on any atom is 0.339 e. The van der Waals surface area contributed by atoms with Crippen molar-refractivity contribution in [1.29, 1.82) is 0 Å². The second-order valence-electron chi connectivity index (χ2n) is 4.76. The van der Waals surface area contributed by atoms with Crippen molar-refractivity contribution in [2.24, 2.45) is 0 Å². The van der Waals surface area contributed by atoms with E-state index in [-0.39, 0.29) is 23.3 Å². The molecule has 0 saturated heterocycles. The van der Waals surface area contributed by atoms with Gasteiger partial charge < -0.3 is 15.2 Å². The highest BCUT2D eigenvalue weighted by Crippen LogP contribution is 2.19. The lowest BCUT2D eigenvalue weighted by Crippen LogP contribution is -2.41. The van der Waals surface area contributed by atoms with Gasteiger partial charge in [-0.15, -0.1) is 0 Å². The smallest absolute Gasteiger partial charge is 0.339 e. The molecule has 0 heterocycles. The van der Waals surface area contributed by atoms with Crippen molar-refractivity contribution in [3.63, 3.8) is 0 Å². The fourth-order valence-electron chi connectivity index (χ4n) is 1.86. The lowest BCUT2D eigenvalue weighted by atomic mass is 10.2. The highest BCUT2D eigenvalue weighted by molar-refractivity contribution is 5.91. The summed E-state index contributed by atoms with van der Waals surface area (Å²) in [6, 6.07) is 6.36. The standard InChI is InChI=1S/C15H21NO4/c1-4-7-10(2)16-14(17)11(3)20-13-9-6-5-8-12(13)15(18)19/h5-6,8-11H,4,7H2,1-3H3,(H,16,17)(H,18,19). The summed E-state index contributed by atoms with van der Waals surface area (Å²) in [5, 5.41) is 11.9. The number of para-hydroxylation sites is 1. The minimum Gasteiger partial charge on any atom is -0.480 e. The van der Waals surface area contributed by atoms with Crippen LogP contribution in [0.3, 0.4) is 0 Å². The molecule has 20 heavy (non-hydrogen) atoms. The van der Waals surface area contributed by atoms with Gasteiger partial charge in [0.05, 0.1) is 0 Å². The first-order valence-corrected chi connectivity index (χ1v) is 6.75. The minimum atomic E-state index is -1.08. The van der Waals surface area contributed by atoms with Crippen LogP contribution in [0.15, 0.2) is 24.3 Å². The number of carbonyl (C=O) groups is 2. The number of nitrogens with one attached hydrogen (secondary N) is 1. The zero-order valence-electron chi connectivity index (χ0n) is 12.1. The van der Waals surface area contributed by atoms with Crippen LogP contribution in [0, 0.1) is 0 Å². The molecule has 2 N–H and O–H groups in total. The van der Waals surface area contributed by atoms with E-state index in [1.807, 2.05) is 13.8 Å². The summed E-state index contributed by atoms with van der Waals surface area (Å²) in [5.74, 6) is -1.12. The fourth-order valence-corrected chi connectivity index (χ4v) is 1.86. The fraction of sp³-hybridized carbons (Fsp3) is 0.467. The zero-order chi connectivity index (χ0) is 15.1. The third kappa shape index (κ3) is 4.57. The largest absolute Gasteiger partial charge is 0.480 e. The maximum absolute atomic E-state index is 11.9. The lowest BCUT2D eigenvalue weighted by Gasteiger charge is -2.19. The Morgan fingerprint density at radius 2 is 1.95 bits per heavy atom. The molecule has 0 aromatic heterocycles. The van der Waals surface area contributed by atoms with Gasteiger partial charge in [0.15, 0.2) is 6.10 Å². The molecular formula is C15H21NO4. The first-order valence-electron chi connectivity index (χ1n) is 6.75. The van der Waals surface area contributed by atoms with Crippen LogP contribution in [0.5, 0.6) is 5.75 Å². The van der Waals surface area contributed by atoms with Crippen LogP contribution in [0.1, 0.15) is 44.0 Å². The Morgan fingerprint density at radius 3 is 2.55 bits per heavy atom. The van der Waals surface area contributed by atoms with E-state index < -0.39 is 12.1 Å². The van der Waals surface area contributed by atoms with Crippen LogP contribution < -0.4 is 10.1 Å². The number of amides is 1. The first kappa shape index (κ1) is 16.0. The molecule has 0 bridgehead atoms. The van der Waals surface area contributed by atoms with Gasteiger partial charge in [-0.3, -0.25) is 4.79 Å². The van der Waals surface area contributed by atoms with E-state index in [1.54, 1.807) is 25.1 Å². The monoisotopic (exact) mass is 279 g/mol. The molecule has 0 saturated carbocycles. The van der Waals surface area contributed by atoms with Crippen molar-refractivity contribution in [3.05, 3.63) is 29.8 Å². The second-order valence-corrected chi connectivity index (χ2v) is 4.76. The summed E-state index contributed by atoms with van der Waals surface area (Å²) in [6.07, 6.45) is 1.14. The van der Waals surface area contributed by atoms with Crippen molar-refractivity contribution < 1.29 is 19.4 Å². The van der Waals surface area contributed by atoms with E-state index in [0.29, 0.717) is 0 Å². The van der Waals surface area contributed by atoms with Gasteiger partial charge in [-0.25, -0.2) is 4.79 Å². The predicted molar refractivity (Wildman–Crippen MR) is 76.0 cm³/mol. The van der Waals surface area contributed by atoms with Crippen molar-refractivity contribution in [2.75, 3.05) is 0 Å². The minimum absolute atomic E-state index is 0.0498. The average Bonchev–Trinajstić information content (AvgIpc) is 2.39. The van der Waals surface area contributed by atoms with Crippen molar-refractivity contribution in [3.8, 4) is 5.75 Å². The van der Waals surface area contributed by atoms with Crippen molar-refractivity contribution in [2.45, 2.75) is 45.8 Å². The van der Waals surface area contributed by atoms with Crippen LogP contribution in [0.2, 0.25) is 0 Å². The molecule has 1 rings (SSSR count). The highest BCUT2D eigenvalue weighted by Gasteiger charge is 2.19. The molecule has 0 radical (unpaired) electrons. The van der Waals surface area contributed by atoms with E-state index in [4.69, 9.17) is 9.84 Å². The Labute approximate surface area is 118 Å². The first-order chi connectivity index (χ1) is 9.45. The number of ether oxygens (including phenoxy) is 1. The Balaban J connectivity index is 2.68. The van der Waals surface area contributed by atoms with E-state index in [1.165, 1.54) is 6.07 Å². The number of hydrogen-bond acceptors (Lipinski definition) is 3. The topological polar surface area (TPSA) is 75.6 Å². The van der Waals surface area contributed by atoms with Crippen LogP contribution in [0.25, 0.3) is 0 Å². The van der Waals surface area contributed by atoms with Gasteiger partial charge in [0.2, 0.25) is 0 Å². The normalized spacial score (nSPS) is 13.3. The Kier molecular flexibility index (Phi) is 6.03. The van der Waals surface area contributed by atoms with Gasteiger partial charge in [0, 0.05) is 6.04 Å². The highest BCUT2D eigenvalue weighted by atomic mass is 16.5. The number of carboxylic acids is 1. The molecule has 0 aliphatic rings. The average molecular weight is 279 g/mol. The van der Waals surface area contributed by atoms with Crippen LogP contribution in [-0.4, -0.2) is 29.1 Å². The molecule has 1 amide bonds. The van der Waals surface area contributed by atoms with E-state index in [9.17, 15) is 9.59 Å². The zero-order valence-corrected chi connectivity index (χ0v) is 12.1. The molecule has 2 unspecified atom stereocenters. The molecule has 0 aliphatic heterocycles. The van der Waals surface area contributed by atoms with Gasteiger partial charge in [0.1, 0.15) is 11.3 Å². The molecule has 0 aliphatic carbocycles. The Bertz CT molecular complexity index is 473. The van der Waals surface area contributed by atoms with Gasteiger partial charge in [-0.1, -0.05) is 25.5 Å². The SMILES string of the molecule is CCCC(C)NC(=O)C(C)Oc1ccccc1C(=O)O. The number of hydrogen-bond donors (Lipinski definition) is 2. The molecule has 1 aromatic carbocycles. The molecule has 5 nitrogen and oxygen atoms in total. The Hall–Kier alpha value is -2.04. The number of carbonyl (C=O) groups excluding carboxylic acids is 1. The van der Waals surface area contributed by atoms with Crippen molar-refractivity contribution >= 4 is 11.9 Å². The summed E-state index contributed by atoms with van der Waals surface area (Å²) in [4.78, 5) is 23.0. The maximum atomic E-state index is 11.9. The summed E-state index contributed by atoms with van der Waals surface area (Å²) in [7, 11) is 0. The third-order valence-corrected chi connectivity index (χ3v) is 2.90. The van der Waals surface area contributed by atoms with Crippen LogP contribution >= 0.6 is 0 Å². The van der Waals surface area contributed by atoms with Crippen LogP contribution in [0.4, 0.5) is 0 Å². The third-order valence-electron chi connectivity index (χ3n) is 2.90. The van der Waals surface area contributed by atoms with Crippen molar-refractivity contribution in [1.82, 2.24) is 5.32 Å². The molecule has 5 heteroatoms. The molecule has 1 aromatic rings. The van der Waals surface area contributed by atoms with E-state index in [2.05, 4.69) is 5.32 Å². The summed E-state index contributed by atoms with van der Waals surface area (Å²) in [6.45, 7) is 5.58. The van der Waals surface area contributed by atoms with E-state index in [0.717, 1.165) is 12.8 Å². The van der Waals surface area contributed by atoms with Crippen LogP contribution in [-0.2, 0) is 4.79 Å². The molecule has 2 atom stereocenters. The van der Waals surface area contributed by atoms with Gasteiger partial charge in [-0.2, -0.15) is 0 Å². The Morgan fingerprint density at radius 1 is 1.30 bits per heavy atom. The van der Waals surface area contributed by atoms with E-state index >= 15 is 0 Å². The molecule has 110 valence electrons. The quantitative estimate of drug-likeness (QED) is 0.804. The van der Waals surface area contributed by atoms with Gasteiger partial charge in [-0.05, 0) is 32.4 Å². The molecular weight excluding hydrogens is 258 g/mol.